The smallest absolute Gasteiger partial charge is 0.248 e. The maximum atomic E-state index is 12.1. The molecule has 1 aromatic heterocycles. The van der Waals surface area contributed by atoms with E-state index in [0.29, 0.717) is 6.42 Å². The van der Waals surface area contributed by atoms with Crippen LogP contribution in [-0.2, 0) is 9.59 Å². The molecule has 0 aliphatic carbocycles. The van der Waals surface area contributed by atoms with Crippen molar-refractivity contribution in [1.82, 2.24) is 0 Å². The topological polar surface area (TPSA) is 49.4 Å². The van der Waals surface area contributed by atoms with E-state index in [1.54, 1.807) is 17.4 Å². The first-order valence-electron chi connectivity index (χ1n) is 7.99. The van der Waals surface area contributed by atoms with Crippen molar-refractivity contribution in [3.63, 3.8) is 0 Å². The fourth-order valence-corrected chi connectivity index (χ4v) is 3.65. The molecule has 0 unspecified atom stereocenters. The van der Waals surface area contributed by atoms with Gasteiger partial charge in [0.05, 0.1) is 0 Å². The molecule has 0 bridgehead atoms. The number of thiophene rings is 1. The van der Waals surface area contributed by atoms with Crippen molar-refractivity contribution in [3.8, 4) is 0 Å². The molecule has 3 rings (SSSR count). The van der Waals surface area contributed by atoms with E-state index in [1.165, 1.54) is 5.56 Å². The Kier molecular flexibility index (Phi) is 4.81. The highest BCUT2D eigenvalue weighted by Gasteiger charge is 2.22. The Hall–Kier alpha value is -2.40. The van der Waals surface area contributed by atoms with Gasteiger partial charge in [-0.15, -0.1) is 11.3 Å². The molecule has 2 heterocycles. The third-order valence-corrected chi connectivity index (χ3v) is 5.10. The summed E-state index contributed by atoms with van der Waals surface area (Å²) >= 11 is 1.61. The zero-order valence-corrected chi connectivity index (χ0v) is 14.7. The number of hydrogen-bond donors (Lipinski definition) is 1. The van der Waals surface area contributed by atoms with Crippen molar-refractivity contribution >= 4 is 40.6 Å². The minimum Gasteiger partial charge on any atom is -0.323 e. The average molecular weight is 340 g/mol. The van der Waals surface area contributed by atoms with Crippen LogP contribution in [0.25, 0.3) is 6.08 Å². The van der Waals surface area contributed by atoms with Crippen LogP contribution >= 0.6 is 11.3 Å². The molecule has 1 aromatic carbocycles. The minimum absolute atomic E-state index is 0.160. The fourth-order valence-electron chi connectivity index (χ4n) is 2.83. The number of carbonyl (C=O) groups excluding carboxylic acids is 2. The van der Waals surface area contributed by atoms with Crippen molar-refractivity contribution in [3.05, 3.63) is 51.7 Å². The number of nitrogens with zero attached hydrogens (tertiary/aromatic N) is 1. The molecule has 0 atom stereocenters. The van der Waals surface area contributed by atoms with Crippen LogP contribution in [0.3, 0.4) is 0 Å². The summed E-state index contributed by atoms with van der Waals surface area (Å²) < 4.78 is 0. The van der Waals surface area contributed by atoms with E-state index in [1.807, 2.05) is 54.5 Å². The van der Waals surface area contributed by atoms with E-state index in [9.17, 15) is 9.59 Å². The quantitative estimate of drug-likeness (QED) is 0.850. The molecule has 1 aliphatic rings. The Morgan fingerprint density at radius 1 is 1.25 bits per heavy atom. The van der Waals surface area contributed by atoms with Crippen LogP contribution in [0.15, 0.2) is 35.7 Å². The van der Waals surface area contributed by atoms with Crippen molar-refractivity contribution in [2.75, 3.05) is 16.8 Å². The van der Waals surface area contributed by atoms with Crippen molar-refractivity contribution in [1.29, 1.82) is 0 Å². The first kappa shape index (κ1) is 16.5. The SMILES string of the molecule is Cc1cc(NC(=O)/C=C/c2sccc2C)ccc1N1CCCC1=O. The third kappa shape index (κ3) is 3.57. The molecule has 5 heteroatoms. The lowest BCUT2D eigenvalue weighted by atomic mass is 10.1. The number of nitrogens with one attached hydrogen (secondary N) is 1. The van der Waals surface area contributed by atoms with Crippen molar-refractivity contribution in [2.24, 2.45) is 0 Å². The summed E-state index contributed by atoms with van der Waals surface area (Å²) in [5, 5.41) is 4.88. The molecule has 0 radical (unpaired) electrons. The second-order valence-electron chi connectivity index (χ2n) is 5.94. The standard InChI is InChI=1S/C19H20N2O2S/c1-13-9-11-24-17(13)7-8-18(22)20-15-5-6-16(14(2)12-15)21-10-3-4-19(21)23/h5-9,11-12H,3-4,10H2,1-2H3,(H,20,22)/b8-7+. The van der Waals surface area contributed by atoms with Crippen molar-refractivity contribution < 1.29 is 9.59 Å². The second kappa shape index (κ2) is 7.01. The first-order valence-corrected chi connectivity index (χ1v) is 8.87. The van der Waals surface area contributed by atoms with Gasteiger partial charge in [0.25, 0.3) is 0 Å². The molecule has 1 N–H and O–H groups in total. The molecule has 0 spiro atoms. The summed E-state index contributed by atoms with van der Waals surface area (Å²) in [5.41, 5.74) is 3.82. The van der Waals surface area contributed by atoms with E-state index in [4.69, 9.17) is 0 Å². The molecular formula is C19H20N2O2S. The minimum atomic E-state index is -0.160. The monoisotopic (exact) mass is 340 g/mol. The number of amides is 2. The van der Waals surface area contributed by atoms with Crippen LogP contribution < -0.4 is 10.2 Å². The number of aryl methyl sites for hydroxylation is 2. The predicted molar refractivity (Wildman–Crippen MR) is 99.5 cm³/mol. The Bertz CT molecular complexity index is 807. The Labute approximate surface area is 145 Å². The zero-order chi connectivity index (χ0) is 17.1. The highest BCUT2D eigenvalue weighted by molar-refractivity contribution is 7.11. The molecule has 2 amide bonds. The van der Waals surface area contributed by atoms with Gasteiger partial charge in [-0.05, 0) is 67.1 Å². The highest BCUT2D eigenvalue weighted by Crippen LogP contribution is 2.27. The molecule has 1 saturated heterocycles. The summed E-state index contributed by atoms with van der Waals surface area (Å²) in [5.74, 6) is 0.0105. The molecular weight excluding hydrogens is 320 g/mol. The van der Waals surface area contributed by atoms with Gasteiger partial charge in [-0.25, -0.2) is 0 Å². The van der Waals surface area contributed by atoms with E-state index < -0.39 is 0 Å². The zero-order valence-electron chi connectivity index (χ0n) is 13.8. The summed E-state index contributed by atoms with van der Waals surface area (Å²) in [6, 6.07) is 7.68. The van der Waals surface area contributed by atoms with Crippen molar-refractivity contribution in [2.45, 2.75) is 26.7 Å². The summed E-state index contributed by atoms with van der Waals surface area (Å²) in [6.07, 6.45) is 4.90. The average Bonchev–Trinajstić information content (AvgIpc) is 3.14. The lowest BCUT2D eigenvalue weighted by Gasteiger charge is -2.19. The summed E-state index contributed by atoms with van der Waals surface area (Å²) in [6.45, 7) is 4.76. The lowest BCUT2D eigenvalue weighted by molar-refractivity contribution is -0.117. The predicted octanol–water partition coefficient (Wildman–Crippen LogP) is 4.14. The first-order chi connectivity index (χ1) is 11.5. The summed E-state index contributed by atoms with van der Waals surface area (Å²) in [7, 11) is 0. The normalized spacial score (nSPS) is 14.6. The highest BCUT2D eigenvalue weighted by atomic mass is 32.1. The van der Waals surface area contributed by atoms with Crippen LogP contribution in [0, 0.1) is 13.8 Å². The van der Waals surface area contributed by atoms with Crippen LogP contribution in [0.4, 0.5) is 11.4 Å². The molecule has 2 aromatic rings. The number of anilines is 2. The van der Waals surface area contributed by atoms with E-state index in [2.05, 4.69) is 5.32 Å². The van der Waals surface area contributed by atoms with Gasteiger partial charge in [0.2, 0.25) is 11.8 Å². The van der Waals surface area contributed by atoms with E-state index in [-0.39, 0.29) is 11.8 Å². The number of rotatable bonds is 4. The molecule has 124 valence electrons. The number of hydrogen-bond acceptors (Lipinski definition) is 3. The summed E-state index contributed by atoms with van der Waals surface area (Å²) in [4.78, 5) is 26.8. The fraction of sp³-hybridized carbons (Fsp3) is 0.263. The van der Waals surface area contributed by atoms with Crippen LogP contribution in [0.1, 0.15) is 28.8 Å². The lowest BCUT2D eigenvalue weighted by Crippen LogP contribution is -2.24. The molecule has 1 fully saturated rings. The maximum absolute atomic E-state index is 12.1. The van der Waals surface area contributed by atoms with E-state index in [0.717, 1.165) is 34.8 Å². The largest absolute Gasteiger partial charge is 0.323 e. The van der Waals surface area contributed by atoms with Gasteiger partial charge in [0.15, 0.2) is 0 Å². The van der Waals surface area contributed by atoms with Gasteiger partial charge in [-0.1, -0.05) is 0 Å². The van der Waals surface area contributed by atoms with Gasteiger partial charge >= 0.3 is 0 Å². The van der Waals surface area contributed by atoms with Gasteiger partial charge < -0.3 is 10.2 Å². The van der Waals surface area contributed by atoms with Gasteiger partial charge in [0.1, 0.15) is 0 Å². The van der Waals surface area contributed by atoms with Crippen LogP contribution in [0.2, 0.25) is 0 Å². The Morgan fingerprint density at radius 2 is 2.08 bits per heavy atom. The third-order valence-electron chi connectivity index (χ3n) is 4.12. The Balaban J connectivity index is 1.68. The van der Waals surface area contributed by atoms with Gasteiger partial charge in [-0.3, -0.25) is 9.59 Å². The molecule has 1 aliphatic heterocycles. The second-order valence-corrected chi connectivity index (χ2v) is 6.89. The van der Waals surface area contributed by atoms with Crippen LogP contribution in [0.5, 0.6) is 0 Å². The van der Waals surface area contributed by atoms with Gasteiger partial charge in [0, 0.05) is 35.3 Å². The molecule has 24 heavy (non-hydrogen) atoms. The molecule has 0 saturated carbocycles. The van der Waals surface area contributed by atoms with E-state index >= 15 is 0 Å². The maximum Gasteiger partial charge on any atom is 0.248 e. The van der Waals surface area contributed by atoms with Crippen LogP contribution in [-0.4, -0.2) is 18.4 Å². The Morgan fingerprint density at radius 3 is 2.71 bits per heavy atom. The number of carbonyl (C=O) groups is 2. The number of benzene rings is 1. The molecule has 4 nitrogen and oxygen atoms in total. The van der Waals surface area contributed by atoms with Gasteiger partial charge in [-0.2, -0.15) is 0 Å².